The third kappa shape index (κ3) is 5.43. The Labute approximate surface area is 143 Å². The number of hydrogen-bond acceptors (Lipinski definition) is 4. The summed E-state index contributed by atoms with van der Waals surface area (Å²) in [6, 6.07) is 14.1. The molecule has 0 radical (unpaired) electrons. The summed E-state index contributed by atoms with van der Waals surface area (Å²) in [6.45, 7) is 0. The van der Waals surface area contributed by atoms with Crippen molar-refractivity contribution in [2.45, 2.75) is 4.90 Å². The van der Waals surface area contributed by atoms with Crippen LogP contribution in [0.5, 0.6) is 0 Å². The predicted octanol–water partition coefficient (Wildman–Crippen LogP) is 3.15. The highest BCUT2D eigenvalue weighted by molar-refractivity contribution is 7.98. The molecule has 0 spiro atoms. The fraction of sp³-hybridized carbons (Fsp3) is 0.0625. The number of amides is 2. The van der Waals surface area contributed by atoms with Gasteiger partial charge in [0.25, 0.3) is 0 Å². The van der Waals surface area contributed by atoms with Crippen LogP contribution in [0.1, 0.15) is 5.56 Å². The third-order valence-electron chi connectivity index (χ3n) is 2.80. The molecule has 23 heavy (non-hydrogen) atoms. The van der Waals surface area contributed by atoms with Gasteiger partial charge in [-0.25, -0.2) is 5.43 Å². The lowest BCUT2D eigenvalue weighted by Gasteiger charge is -2.03. The highest BCUT2D eigenvalue weighted by Gasteiger charge is 2.12. The molecule has 2 amide bonds. The molecular weight excluding hydrogens is 334 g/mol. The van der Waals surface area contributed by atoms with Crippen LogP contribution in [0.15, 0.2) is 58.5 Å². The number of carbonyl (C=O) groups is 2. The Balaban J connectivity index is 1.86. The Morgan fingerprint density at radius 2 is 1.70 bits per heavy atom. The molecule has 0 atom stereocenters. The SMILES string of the molecule is CSc1ccc(/C=N/NC(=O)C(=O)Nc2ccc(Cl)cc2)cc1. The smallest absolute Gasteiger partial charge is 0.318 e. The molecule has 0 unspecified atom stereocenters. The molecule has 2 rings (SSSR count). The molecule has 0 saturated heterocycles. The maximum atomic E-state index is 11.7. The molecule has 7 heteroatoms. The normalized spacial score (nSPS) is 10.5. The van der Waals surface area contributed by atoms with Crippen LogP contribution in [-0.4, -0.2) is 24.3 Å². The first kappa shape index (κ1) is 17.1. The predicted molar refractivity (Wildman–Crippen MR) is 94.0 cm³/mol. The largest absolute Gasteiger partial charge is 0.329 e. The summed E-state index contributed by atoms with van der Waals surface area (Å²) < 4.78 is 0. The van der Waals surface area contributed by atoms with E-state index in [-0.39, 0.29) is 0 Å². The van der Waals surface area contributed by atoms with Gasteiger partial charge in [0.2, 0.25) is 0 Å². The van der Waals surface area contributed by atoms with E-state index in [0.29, 0.717) is 10.7 Å². The van der Waals surface area contributed by atoms with Crippen molar-refractivity contribution in [2.24, 2.45) is 5.10 Å². The van der Waals surface area contributed by atoms with E-state index in [1.54, 1.807) is 36.0 Å². The van der Waals surface area contributed by atoms with Gasteiger partial charge < -0.3 is 5.32 Å². The molecule has 0 heterocycles. The standard InChI is InChI=1S/C16H14ClN3O2S/c1-23-14-8-2-11(3-9-14)10-18-20-16(22)15(21)19-13-6-4-12(17)5-7-13/h2-10H,1H3,(H,19,21)(H,20,22)/b18-10+. The molecule has 0 fully saturated rings. The van der Waals surface area contributed by atoms with E-state index in [4.69, 9.17) is 11.6 Å². The van der Waals surface area contributed by atoms with E-state index in [1.165, 1.54) is 6.21 Å². The minimum absolute atomic E-state index is 0.478. The Hall–Kier alpha value is -2.31. The van der Waals surface area contributed by atoms with E-state index in [0.717, 1.165) is 10.5 Å². The van der Waals surface area contributed by atoms with Gasteiger partial charge in [0.05, 0.1) is 6.21 Å². The second kappa shape index (κ2) is 8.36. The molecule has 0 aliphatic rings. The van der Waals surface area contributed by atoms with Crippen LogP contribution >= 0.6 is 23.4 Å². The summed E-state index contributed by atoms with van der Waals surface area (Å²) in [5.74, 6) is -1.65. The molecule has 0 aliphatic heterocycles. The maximum Gasteiger partial charge on any atom is 0.329 e. The van der Waals surface area contributed by atoms with Gasteiger partial charge in [-0.2, -0.15) is 5.10 Å². The average Bonchev–Trinajstić information content (AvgIpc) is 2.57. The van der Waals surface area contributed by atoms with Crippen molar-refractivity contribution in [2.75, 3.05) is 11.6 Å². The topological polar surface area (TPSA) is 70.6 Å². The Bertz CT molecular complexity index is 715. The van der Waals surface area contributed by atoms with Crippen LogP contribution < -0.4 is 10.7 Å². The Morgan fingerprint density at radius 3 is 2.30 bits per heavy atom. The lowest BCUT2D eigenvalue weighted by molar-refractivity contribution is -0.136. The zero-order valence-electron chi connectivity index (χ0n) is 12.2. The zero-order chi connectivity index (χ0) is 16.7. The van der Waals surface area contributed by atoms with Crippen LogP contribution in [0.4, 0.5) is 5.69 Å². The van der Waals surface area contributed by atoms with Gasteiger partial charge in [-0.05, 0) is 48.2 Å². The summed E-state index contributed by atoms with van der Waals surface area (Å²) in [6.07, 6.45) is 3.46. The summed E-state index contributed by atoms with van der Waals surface area (Å²) in [5, 5.41) is 6.75. The number of rotatable bonds is 4. The second-order valence-electron chi connectivity index (χ2n) is 4.43. The average molecular weight is 348 g/mol. The van der Waals surface area contributed by atoms with Crippen molar-refractivity contribution in [3.63, 3.8) is 0 Å². The first-order valence-corrected chi connectivity index (χ1v) is 8.23. The van der Waals surface area contributed by atoms with Crippen molar-refractivity contribution in [3.05, 3.63) is 59.1 Å². The monoisotopic (exact) mass is 347 g/mol. The fourth-order valence-corrected chi connectivity index (χ4v) is 2.16. The number of anilines is 1. The summed E-state index contributed by atoms with van der Waals surface area (Å²) >= 11 is 7.38. The molecule has 5 nitrogen and oxygen atoms in total. The number of nitrogens with zero attached hydrogens (tertiary/aromatic N) is 1. The summed E-state index contributed by atoms with van der Waals surface area (Å²) in [7, 11) is 0. The van der Waals surface area contributed by atoms with Crippen molar-refractivity contribution >= 4 is 47.1 Å². The van der Waals surface area contributed by atoms with Crippen LogP contribution in [0, 0.1) is 0 Å². The molecule has 0 bridgehead atoms. The van der Waals surface area contributed by atoms with E-state index >= 15 is 0 Å². The minimum Gasteiger partial charge on any atom is -0.318 e. The van der Waals surface area contributed by atoms with Gasteiger partial charge in [0, 0.05) is 15.6 Å². The number of hydrazone groups is 1. The van der Waals surface area contributed by atoms with Crippen LogP contribution in [0.25, 0.3) is 0 Å². The molecule has 0 aliphatic carbocycles. The van der Waals surface area contributed by atoms with Crippen molar-refractivity contribution in [1.29, 1.82) is 0 Å². The number of nitrogens with one attached hydrogen (secondary N) is 2. The van der Waals surface area contributed by atoms with Crippen LogP contribution in [-0.2, 0) is 9.59 Å². The van der Waals surface area contributed by atoms with Crippen molar-refractivity contribution in [3.8, 4) is 0 Å². The maximum absolute atomic E-state index is 11.7. The number of benzene rings is 2. The molecule has 2 aromatic rings. The number of hydrogen-bond donors (Lipinski definition) is 2. The number of carbonyl (C=O) groups excluding carboxylic acids is 2. The van der Waals surface area contributed by atoms with Crippen LogP contribution in [0.2, 0.25) is 5.02 Å². The Kier molecular flexibility index (Phi) is 6.19. The van der Waals surface area contributed by atoms with E-state index in [9.17, 15) is 9.59 Å². The van der Waals surface area contributed by atoms with E-state index < -0.39 is 11.8 Å². The first-order valence-electron chi connectivity index (χ1n) is 6.62. The minimum atomic E-state index is -0.850. The molecule has 0 saturated carbocycles. The van der Waals surface area contributed by atoms with Gasteiger partial charge in [-0.1, -0.05) is 23.7 Å². The van der Waals surface area contributed by atoms with Crippen molar-refractivity contribution < 1.29 is 9.59 Å². The lowest BCUT2D eigenvalue weighted by atomic mass is 10.2. The lowest BCUT2D eigenvalue weighted by Crippen LogP contribution is -2.32. The molecule has 2 aromatic carbocycles. The highest BCUT2D eigenvalue weighted by Crippen LogP contribution is 2.14. The highest BCUT2D eigenvalue weighted by atomic mass is 35.5. The molecular formula is C16H14ClN3O2S. The fourth-order valence-electron chi connectivity index (χ4n) is 1.63. The van der Waals surface area contributed by atoms with Gasteiger partial charge in [0.1, 0.15) is 0 Å². The van der Waals surface area contributed by atoms with Gasteiger partial charge in [-0.15, -0.1) is 11.8 Å². The molecule has 2 N–H and O–H groups in total. The zero-order valence-corrected chi connectivity index (χ0v) is 13.8. The Morgan fingerprint density at radius 1 is 1.04 bits per heavy atom. The third-order valence-corrected chi connectivity index (χ3v) is 3.80. The van der Waals surface area contributed by atoms with Crippen molar-refractivity contribution in [1.82, 2.24) is 5.43 Å². The summed E-state index contributed by atoms with van der Waals surface area (Å²) in [4.78, 5) is 24.5. The quantitative estimate of drug-likeness (QED) is 0.386. The molecule has 0 aromatic heterocycles. The summed E-state index contributed by atoms with van der Waals surface area (Å²) in [5.41, 5.74) is 3.48. The van der Waals surface area contributed by atoms with Gasteiger partial charge >= 0.3 is 11.8 Å². The molecule has 118 valence electrons. The van der Waals surface area contributed by atoms with Gasteiger partial charge in [-0.3, -0.25) is 9.59 Å². The van der Waals surface area contributed by atoms with E-state index in [1.807, 2.05) is 30.5 Å². The second-order valence-corrected chi connectivity index (χ2v) is 5.75. The van der Waals surface area contributed by atoms with Crippen LogP contribution in [0.3, 0.4) is 0 Å². The van der Waals surface area contributed by atoms with E-state index in [2.05, 4.69) is 15.8 Å². The number of thioether (sulfide) groups is 1. The first-order chi connectivity index (χ1) is 11.1. The number of halogens is 1. The van der Waals surface area contributed by atoms with Gasteiger partial charge in [0.15, 0.2) is 0 Å².